The van der Waals surface area contributed by atoms with Crippen molar-refractivity contribution in [3.63, 3.8) is 0 Å². The molecule has 0 spiro atoms. The predicted octanol–water partition coefficient (Wildman–Crippen LogP) is 2.69. The SMILES string of the molecule is Cc1cc(C(=O)COC(=O)c2ccc(C)c(O)c2)c(C)[nH]1. The minimum atomic E-state index is -0.636. The van der Waals surface area contributed by atoms with Crippen LogP contribution in [0.1, 0.15) is 37.7 Å². The monoisotopic (exact) mass is 287 g/mol. The van der Waals surface area contributed by atoms with E-state index in [4.69, 9.17) is 4.74 Å². The van der Waals surface area contributed by atoms with Crippen molar-refractivity contribution in [3.8, 4) is 5.75 Å². The van der Waals surface area contributed by atoms with E-state index < -0.39 is 5.97 Å². The van der Waals surface area contributed by atoms with Gasteiger partial charge in [-0.25, -0.2) is 4.79 Å². The highest BCUT2D eigenvalue weighted by Crippen LogP contribution is 2.18. The average molecular weight is 287 g/mol. The zero-order valence-electron chi connectivity index (χ0n) is 12.2. The number of Topliss-reactive ketones (excluding diaryl/α,β-unsaturated/α-hetero) is 1. The maximum Gasteiger partial charge on any atom is 0.338 e. The molecule has 5 nitrogen and oxygen atoms in total. The van der Waals surface area contributed by atoms with Crippen LogP contribution in [-0.2, 0) is 4.74 Å². The van der Waals surface area contributed by atoms with Crippen molar-refractivity contribution in [1.82, 2.24) is 4.98 Å². The van der Waals surface area contributed by atoms with E-state index in [2.05, 4.69) is 4.98 Å². The standard InChI is InChI=1S/C16H17NO4/c1-9-4-5-12(7-14(9)18)16(20)21-8-15(19)13-6-10(2)17-11(13)3/h4-7,17-18H,8H2,1-3H3. The summed E-state index contributed by atoms with van der Waals surface area (Å²) in [6.45, 7) is 5.04. The van der Waals surface area contributed by atoms with E-state index in [0.717, 1.165) is 11.4 Å². The molecule has 2 N–H and O–H groups in total. The first-order valence-electron chi connectivity index (χ1n) is 6.54. The minimum Gasteiger partial charge on any atom is -0.508 e. The van der Waals surface area contributed by atoms with E-state index in [9.17, 15) is 14.7 Å². The van der Waals surface area contributed by atoms with E-state index in [1.54, 1.807) is 32.0 Å². The third kappa shape index (κ3) is 3.31. The number of ether oxygens (including phenoxy) is 1. The number of phenols is 1. The lowest BCUT2D eigenvalue weighted by Crippen LogP contribution is -2.14. The number of carbonyl (C=O) groups excluding carboxylic acids is 2. The number of nitrogens with one attached hydrogen (secondary N) is 1. The molecule has 0 amide bonds. The number of aromatic nitrogens is 1. The molecule has 0 unspecified atom stereocenters. The van der Waals surface area contributed by atoms with Gasteiger partial charge in [0, 0.05) is 17.0 Å². The van der Waals surface area contributed by atoms with Crippen molar-refractivity contribution in [3.05, 3.63) is 52.3 Å². The Kier molecular flexibility index (Phi) is 4.12. The van der Waals surface area contributed by atoms with Crippen LogP contribution in [0.2, 0.25) is 0 Å². The summed E-state index contributed by atoms with van der Waals surface area (Å²) in [5.74, 6) is -0.877. The van der Waals surface area contributed by atoms with Gasteiger partial charge in [-0.15, -0.1) is 0 Å². The zero-order chi connectivity index (χ0) is 15.6. The molecule has 1 heterocycles. The first-order chi connectivity index (χ1) is 9.88. The summed E-state index contributed by atoms with van der Waals surface area (Å²) < 4.78 is 4.99. The number of carbonyl (C=O) groups is 2. The number of benzene rings is 1. The summed E-state index contributed by atoms with van der Waals surface area (Å²) in [7, 11) is 0. The molecule has 0 atom stereocenters. The third-order valence-electron chi connectivity index (χ3n) is 3.23. The highest BCUT2D eigenvalue weighted by molar-refractivity contribution is 6.00. The fourth-order valence-electron chi connectivity index (χ4n) is 2.04. The van der Waals surface area contributed by atoms with Crippen molar-refractivity contribution in [2.75, 3.05) is 6.61 Å². The second-order valence-electron chi connectivity index (χ2n) is 4.99. The third-order valence-corrected chi connectivity index (χ3v) is 3.23. The van der Waals surface area contributed by atoms with Gasteiger partial charge < -0.3 is 14.8 Å². The Morgan fingerprint density at radius 2 is 1.90 bits per heavy atom. The molecular formula is C16H17NO4. The van der Waals surface area contributed by atoms with Crippen LogP contribution in [0.5, 0.6) is 5.75 Å². The van der Waals surface area contributed by atoms with E-state index in [1.807, 2.05) is 6.92 Å². The van der Waals surface area contributed by atoms with Crippen molar-refractivity contribution in [2.45, 2.75) is 20.8 Å². The molecule has 1 aromatic heterocycles. The van der Waals surface area contributed by atoms with Gasteiger partial charge in [0.25, 0.3) is 0 Å². The molecule has 2 rings (SSSR count). The molecule has 0 fully saturated rings. The Morgan fingerprint density at radius 3 is 2.48 bits per heavy atom. The number of H-pyrrole nitrogens is 1. The van der Waals surface area contributed by atoms with Gasteiger partial charge in [-0.2, -0.15) is 0 Å². The van der Waals surface area contributed by atoms with Gasteiger partial charge in [0.15, 0.2) is 6.61 Å². The molecule has 0 bridgehead atoms. The lowest BCUT2D eigenvalue weighted by atomic mass is 10.1. The molecule has 0 radical (unpaired) electrons. The molecule has 5 heteroatoms. The second-order valence-corrected chi connectivity index (χ2v) is 4.99. The van der Waals surface area contributed by atoms with Crippen LogP contribution in [-0.4, -0.2) is 28.4 Å². The lowest BCUT2D eigenvalue weighted by molar-refractivity contribution is 0.0474. The Hall–Kier alpha value is -2.56. The Bertz CT molecular complexity index is 700. The quantitative estimate of drug-likeness (QED) is 0.669. The van der Waals surface area contributed by atoms with Crippen LogP contribution in [0.15, 0.2) is 24.3 Å². The van der Waals surface area contributed by atoms with Crippen molar-refractivity contribution >= 4 is 11.8 Å². The number of aryl methyl sites for hydroxylation is 3. The maximum atomic E-state index is 12.0. The van der Waals surface area contributed by atoms with Gasteiger partial charge in [0.05, 0.1) is 5.56 Å². The first-order valence-corrected chi connectivity index (χ1v) is 6.54. The molecule has 0 aliphatic carbocycles. The van der Waals surface area contributed by atoms with Crippen LogP contribution < -0.4 is 0 Å². The highest BCUT2D eigenvalue weighted by Gasteiger charge is 2.15. The van der Waals surface area contributed by atoms with Crippen molar-refractivity contribution in [2.24, 2.45) is 0 Å². The molecule has 110 valence electrons. The zero-order valence-corrected chi connectivity index (χ0v) is 12.2. The summed E-state index contributed by atoms with van der Waals surface area (Å²) >= 11 is 0. The second kappa shape index (κ2) is 5.83. The number of aromatic hydroxyl groups is 1. The van der Waals surface area contributed by atoms with E-state index in [-0.39, 0.29) is 23.7 Å². The Balaban J connectivity index is 2.02. The van der Waals surface area contributed by atoms with Crippen molar-refractivity contribution < 1.29 is 19.4 Å². The van der Waals surface area contributed by atoms with Crippen LogP contribution >= 0.6 is 0 Å². The smallest absolute Gasteiger partial charge is 0.338 e. The maximum absolute atomic E-state index is 12.0. The summed E-state index contributed by atoms with van der Waals surface area (Å²) in [6, 6.07) is 6.22. The number of aromatic amines is 1. The molecule has 1 aromatic carbocycles. The number of rotatable bonds is 4. The Morgan fingerprint density at radius 1 is 1.19 bits per heavy atom. The molecule has 2 aromatic rings. The lowest BCUT2D eigenvalue weighted by Gasteiger charge is -2.05. The van der Waals surface area contributed by atoms with Gasteiger partial charge in [0.1, 0.15) is 5.75 Å². The van der Waals surface area contributed by atoms with Gasteiger partial charge >= 0.3 is 5.97 Å². The van der Waals surface area contributed by atoms with E-state index >= 15 is 0 Å². The number of hydrogen-bond acceptors (Lipinski definition) is 4. The Labute approximate surface area is 122 Å². The van der Waals surface area contributed by atoms with Crippen LogP contribution in [0.3, 0.4) is 0 Å². The number of esters is 1. The largest absolute Gasteiger partial charge is 0.508 e. The molecule has 0 saturated carbocycles. The van der Waals surface area contributed by atoms with Gasteiger partial charge in [-0.1, -0.05) is 6.07 Å². The summed E-state index contributed by atoms with van der Waals surface area (Å²) in [6.07, 6.45) is 0. The summed E-state index contributed by atoms with van der Waals surface area (Å²) in [4.78, 5) is 26.9. The van der Waals surface area contributed by atoms with E-state index in [0.29, 0.717) is 11.1 Å². The van der Waals surface area contributed by atoms with Crippen molar-refractivity contribution in [1.29, 1.82) is 0 Å². The van der Waals surface area contributed by atoms with E-state index in [1.165, 1.54) is 6.07 Å². The number of phenolic OH excluding ortho intramolecular Hbond substituents is 1. The van der Waals surface area contributed by atoms with Crippen LogP contribution in [0.25, 0.3) is 0 Å². The molecule has 0 aliphatic rings. The van der Waals surface area contributed by atoms with Gasteiger partial charge in [0.2, 0.25) is 5.78 Å². The minimum absolute atomic E-state index is 0.0212. The predicted molar refractivity (Wildman–Crippen MR) is 77.7 cm³/mol. The first kappa shape index (κ1) is 14.8. The molecular weight excluding hydrogens is 270 g/mol. The number of ketones is 1. The summed E-state index contributed by atoms with van der Waals surface area (Å²) in [5, 5.41) is 9.56. The fraction of sp³-hybridized carbons (Fsp3) is 0.250. The average Bonchev–Trinajstić information content (AvgIpc) is 2.77. The summed E-state index contributed by atoms with van der Waals surface area (Å²) in [5.41, 5.74) is 3.04. The van der Waals surface area contributed by atoms with Crippen LogP contribution in [0, 0.1) is 20.8 Å². The fourth-order valence-corrected chi connectivity index (χ4v) is 2.04. The molecule has 0 saturated heterocycles. The molecule has 21 heavy (non-hydrogen) atoms. The topological polar surface area (TPSA) is 79.4 Å². The van der Waals surface area contributed by atoms with Crippen LogP contribution in [0.4, 0.5) is 0 Å². The normalized spacial score (nSPS) is 10.4. The van der Waals surface area contributed by atoms with Gasteiger partial charge in [-0.05, 0) is 44.5 Å². The van der Waals surface area contributed by atoms with Gasteiger partial charge in [-0.3, -0.25) is 4.79 Å². The highest BCUT2D eigenvalue weighted by atomic mass is 16.5. The molecule has 0 aliphatic heterocycles. The number of hydrogen-bond donors (Lipinski definition) is 2.